The zero-order valence-corrected chi connectivity index (χ0v) is 39.6. The summed E-state index contributed by atoms with van der Waals surface area (Å²) in [7, 11) is 0. The summed E-state index contributed by atoms with van der Waals surface area (Å²) in [6, 6.07) is 31.6. The summed E-state index contributed by atoms with van der Waals surface area (Å²) in [6.45, 7) is 12.6. The van der Waals surface area contributed by atoms with Crippen molar-refractivity contribution in [3.05, 3.63) is 177 Å². The molecule has 344 valence electrons. The second-order valence-corrected chi connectivity index (χ2v) is 19.6. The SMILES string of the molecule is Cc1cccc(C2=CC(C3CCCNC3)C(CCCN)(C(=O)C3(CCCN)C=C(C(=O)c4ccccc4)C(c4cccc(C)c4C)=CC3C3CCCNC3)C=C2C(=O)c2ccccc2)c1C. The van der Waals surface area contributed by atoms with E-state index in [1.54, 1.807) is 0 Å². The zero-order valence-electron chi connectivity index (χ0n) is 39.6. The summed E-state index contributed by atoms with van der Waals surface area (Å²) in [6.07, 6.45) is 14.9. The minimum atomic E-state index is -1.15. The lowest BCUT2D eigenvalue weighted by atomic mass is 9.49. The van der Waals surface area contributed by atoms with Gasteiger partial charge in [-0.1, -0.05) is 121 Å². The van der Waals surface area contributed by atoms with E-state index < -0.39 is 10.8 Å². The van der Waals surface area contributed by atoms with Gasteiger partial charge in [0.2, 0.25) is 0 Å². The Kier molecular flexibility index (Phi) is 14.8. The molecular weight excluding hydrogens is 813 g/mol. The third-order valence-corrected chi connectivity index (χ3v) is 15.7. The molecule has 2 aliphatic carbocycles. The van der Waals surface area contributed by atoms with E-state index >= 15 is 14.4 Å². The topological polar surface area (TPSA) is 127 Å². The lowest BCUT2D eigenvalue weighted by Gasteiger charge is -2.53. The lowest BCUT2D eigenvalue weighted by molar-refractivity contribution is -0.141. The average molecular weight is 883 g/mol. The molecule has 0 aromatic heterocycles. The van der Waals surface area contributed by atoms with Crippen LogP contribution in [-0.2, 0) is 4.79 Å². The molecule has 2 aliphatic heterocycles. The average Bonchev–Trinajstić information content (AvgIpc) is 3.36. The number of aryl methyl sites for hydroxylation is 2. The third-order valence-electron chi connectivity index (χ3n) is 15.7. The number of allylic oxidation sites excluding steroid dienone is 8. The predicted octanol–water partition coefficient (Wildman–Crippen LogP) is 10.3. The molecule has 66 heavy (non-hydrogen) atoms. The quantitative estimate of drug-likeness (QED) is 0.0826. The summed E-state index contributed by atoms with van der Waals surface area (Å²) in [5.41, 5.74) is 21.3. The zero-order chi connectivity index (χ0) is 46.4. The first-order valence-corrected chi connectivity index (χ1v) is 24.6. The highest BCUT2D eigenvalue weighted by atomic mass is 16.1. The van der Waals surface area contributed by atoms with Crippen molar-refractivity contribution in [1.82, 2.24) is 10.6 Å². The molecule has 6 unspecified atom stereocenters. The molecule has 2 fully saturated rings. The highest BCUT2D eigenvalue weighted by Crippen LogP contribution is 2.59. The van der Waals surface area contributed by atoms with Crippen molar-refractivity contribution in [2.24, 2.45) is 46.0 Å². The Morgan fingerprint density at radius 1 is 0.561 bits per heavy atom. The van der Waals surface area contributed by atoms with Gasteiger partial charge in [0.05, 0.1) is 10.8 Å². The van der Waals surface area contributed by atoms with Crippen LogP contribution in [0.15, 0.2) is 133 Å². The van der Waals surface area contributed by atoms with Gasteiger partial charge in [-0.05, 0) is 187 Å². The standard InChI is InChI=1S/C59H70N4O3/c1-39-17-11-25-47(41(39)3)49-33-53(45-23-13-31-62-37-45)58(27-15-29-60,35-51(49)55(64)43-19-7-5-8-20-43)57(66)59(28-16-30-61)36-52(56(65)44-21-9-6-10-22-44)50(48-26-12-18-40(2)42(48)4)34-54(59)46-24-14-32-63-38-46/h5-12,17-22,25-26,33-36,45-46,53-54,62-63H,13-16,23-24,27-32,37-38,60-61H2,1-4H3. The maximum atomic E-state index is 17.6. The molecule has 0 radical (unpaired) electrons. The van der Waals surface area contributed by atoms with Crippen LogP contribution in [0, 0.1) is 62.2 Å². The molecule has 4 aromatic rings. The number of ketones is 3. The minimum absolute atomic E-state index is 0.0762. The van der Waals surface area contributed by atoms with E-state index in [1.165, 1.54) is 0 Å². The number of piperidine rings is 2. The van der Waals surface area contributed by atoms with Crippen LogP contribution in [0.4, 0.5) is 0 Å². The lowest BCUT2D eigenvalue weighted by Crippen LogP contribution is -2.56. The highest BCUT2D eigenvalue weighted by Gasteiger charge is 2.59. The van der Waals surface area contributed by atoms with Crippen molar-refractivity contribution in [1.29, 1.82) is 0 Å². The molecule has 0 saturated carbocycles. The van der Waals surface area contributed by atoms with Gasteiger partial charge in [-0.2, -0.15) is 0 Å². The second kappa shape index (κ2) is 20.7. The Labute approximate surface area is 393 Å². The molecule has 0 bridgehead atoms. The fraction of sp³-hybridized carbons (Fsp3) is 0.407. The number of hydrogen-bond donors (Lipinski definition) is 4. The van der Waals surface area contributed by atoms with E-state index in [0.29, 0.717) is 61.0 Å². The highest BCUT2D eigenvalue weighted by molar-refractivity contribution is 6.21. The fourth-order valence-corrected chi connectivity index (χ4v) is 12.0. The van der Waals surface area contributed by atoms with Gasteiger partial charge < -0.3 is 22.1 Å². The van der Waals surface area contributed by atoms with Crippen LogP contribution in [0.2, 0.25) is 0 Å². The summed E-state index contributed by atoms with van der Waals surface area (Å²) < 4.78 is 0. The van der Waals surface area contributed by atoms with Gasteiger partial charge in [0.25, 0.3) is 0 Å². The number of benzene rings is 4. The Hall–Kier alpha value is -5.31. The van der Waals surface area contributed by atoms with Gasteiger partial charge in [0.1, 0.15) is 0 Å². The van der Waals surface area contributed by atoms with Crippen LogP contribution in [0.1, 0.15) is 105 Å². The van der Waals surface area contributed by atoms with Gasteiger partial charge >= 0.3 is 0 Å². The first kappa shape index (κ1) is 47.2. The molecule has 4 aliphatic rings. The number of carbonyl (C=O) groups is 3. The monoisotopic (exact) mass is 883 g/mol. The van der Waals surface area contributed by atoms with Gasteiger partial charge in [-0.15, -0.1) is 0 Å². The summed E-state index contributed by atoms with van der Waals surface area (Å²) >= 11 is 0. The van der Waals surface area contributed by atoms with E-state index in [1.807, 2.05) is 60.7 Å². The Morgan fingerprint density at radius 2 is 0.970 bits per heavy atom. The molecule has 0 spiro atoms. The summed E-state index contributed by atoms with van der Waals surface area (Å²) in [5, 5.41) is 7.43. The second-order valence-electron chi connectivity index (χ2n) is 19.6. The van der Waals surface area contributed by atoms with E-state index in [2.05, 4.69) is 99.0 Å². The van der Waals surface area contributed by atoms with Gasteiger partial charge in [-0.3, -0.25) is 14.4 Å². The Morgan fingerprint density at radius 3 is 1.33 bits per heavy atom. The number of hydrogen-bond acceptors (Lipinski definition) is 7. The van der Waals surface area contributed by atoms with E-state index in [9.17, 15) is 0 Å². The molecular formula is C59H70N4O3. The van der Waals surface area contributed by atoms with Crippen molar-refractivity contribution in [2.45, 2.75) is 79.1 Å². The number of rotatable bonds is 16. The first-order valence-electron chi connectivity index (χ1n) is 24.6. The van der Waals surface area contributed by atoms with Gasteiger partial charge in [0.15, 0.2) is 17.3 Å². The van der Waals surface area contributed by atoms with Crippen LogP contribution in [-0.4, -0.2) is 56.6 Å². The van der Waals surface area contributed by atoms with Crippen molar-refractivity contribution in [3.8, 4) is 0 Å². The molecule has 6 N–H and O–H groups in total. The summed E-state index contributed by atoms with van der Waals surface area (Å²) in [4.78, 5) is 48.4. The molecule has 7 nitrogen and oxygen atoms in total. The van der Waals surface area contributed by atoms with Crippen LogP contribution in [0.5, 0.6) is 0 Å². The van der Waals surface area contributed by atoms with Gasteiger partial charge in [-0.25, -0.2) is 0 Å². The maximum absolute atomic E-state index is 17.6. The molecule has 8 rings (SSSR count). The Bertz CT molecular complexity index is 2370. The van der Waals surface area contributed by atoms with Crippen molar-refractivity contribution >= 4 is 28.5 Å². The van der Waals surface area contributed by atoms with E-state index in [-0.39, 0.29) is 41.0 Å². The molecule has 0 amide bonds. The number of Topliss-reactive ketones (excluding diaryl/α,β-unsaturated/α-hetero) is 3. The molecule has 6 atom stereocenters. The number of nitrogens with one attached hydrogen (secondary N) is 2. The van der Waals surface area contributed by atoms with Crippen molar-refractivity contribution in [2.75, 3.05) is 39.3 Å². The van der Waals surface area contributed by atoms with Crippen molar-refractivity contribution < 1.29 is 14.4 Å². The van der Waals surface area contributed by atoms with Crippen LogP contribution >= 0.6 is 0 Å². The Balaban J connectivity index is 1.46. The summed E-state index contributed by atoms with van der Waals surface area (Å²) in [5.74, 6) is -0.458. The normalized spacial score (nSPS) is 25.5. The molecule has 2 heterocycles. The fourth-order valence-electron chi connectivity index (χ4n) is 12.0. The minimum Gasteiger partial charge on any atom is -0.330 e. The molecule has 4 aromatic carbocycles. The smallest absolute Gasteiger partial charge is 0.193 e. The first-order chi connectivity index (χ1) is 32.0. The number of carbonyl (C=O) groups excluding carboxylic acids is 3. The molecule has 7 heteroatoms. The van der Waals surface area contributed by atoms with E-state index in [4.69, 9.17) is 11.5 Å². The largest absolute Gasteiger partial charge is 0.330 e. The number of nitrogens with two attached hydrogens (primary N) is 2. The van der Waals surface area contributed by atoms with Crippen LogP contribution < -0.4 is 22.1 Å². The van der Waals surface area contributed by atoms with E-state index in [0.717, 1.165) is 96.4 Å². The van der Waals surface area contributed by atoms with Crippen LogP contribution in [0.3, 0.4) is 0 Å². The third kappa shape index (κ3) is 9.08. The molecule has 2 saturated heterocycles. The van der Waals surface area contributed by atoms with Gasteiger partial charge in [0, 0.05) is 22.3 Å². The van der Waals surface area contributed by atoms with Crippen molar-refractivity contribution in [3.63, 3.8) is 0 Å². The maximum Gasteiger partial charge on any atom is 0.193 e. The van der Waals surface area contributed by atoms with Crippen LogP contribution in [0.25, 0.3) is 11.1 Å². The predicted molar refractivity (Wildman–Crippen MR) is 270 cm³/mol.